The standard InChI is InChI=1S/C21H16ClF2N5O2/c1-28-8-7-21(24,11-28)6-5-13-9-17-14(10-18(13)29(30)31)20(26-12-25-17)27-16-4-2-3-15(22)19(16)23/h2-4,9-10,12H,7-8,11H2,1H3,(H,25,26,27). The average molecular weight is 444 g/mol. The first kappa shape index (κ1) is 20.9. The molecule has 31 heavy (non-hydrogen) atoms. The molecule has 1 aromatic heterocycles. The fourth-order valence-corrected chi connectivity index (χ4v) is 3.58. The number of anilines is 2. The van der Waals surface area contributed by atoms with Crippen molar-refractivity contribution < 1.29 is 13.7 Å². The number of rotatable bonds is 3. The van der Waals surface area contributed by atoms with Gasteiger partial charge in [0.1, 0.15) is 17.7 Å². The van der Waals surface area contributed by atoms with Crippen LogP contribution in [0.5, 0.6) is 0 Å². The van der Waals surface area contributed by atoms with Crippen LogP contribution < -0.4 is 5.32 Å². The number of alkyl halides is 1. The first-order valence-electron chi connectivity index (χ1n) is 9.30. The molecule has 1 aliphatic heterocycles. The molecule has 2 aromatic carbocycles. The van der Waals surface area contributed by atoms with Gasteiger partial charge in [-0.2, -0.15) is 0 Å². The van der Waals surface area contributed by atoms with Crippen LogP contribution in [0.1, 0.15) is 12.0 Å². The Morgan fingerprint density at radius 1 is 1.35 bits per heavy atom. The number of fused-ring (bicyclic) bond motifs is 1. The Morgan fingerprint density at radius 2 is 2.16 bits per heavy atom. The zero-order chi connectivity index (χ0) is 22.2. The summed E-state index contributed by atoms with van der Waals surface area (Å²) in [4.78, 5) is 21.1. The van der Waals surface area contributed by atoms with E-state index in [1.165, 1.54) is 30.6 Å². The maximum absolute atomic E-state index is 14.8. The second-order valence-corrected chi connectivity index (χ2v) is 7.70. The Labute approximate surface area is 181 Å². The molecule has 7 nitrogen and oxygen atoms in total. The van der Waals surface area contributed by atoms with E-state index in [0.29, 0.717) is 12.1 Å². The molecule has 10 heteroatoms. The predicted molar refractivity (Wildman–Crippen MR) is 114 cm³/mol. The number of nitro benzene ring substituents is 1. The third-order valence-electron chi connectivity index (χ3n) is 4.99. The van der Waals surface area contributed by atoms with Crippen molar-refractivity contribution in [3.8, 4) is 11.8 Å². The van der Waals surface area contributed by atoms with Crippen LogP contribution in [0.3, 0.4) is 0 Å². The van der Waals surface area contributed by atoms with E-state index >= 15 is 0 Å². The minimum Gasteiger partial charge on any atom is -0.337 e. The zero-order valence-corrected chi connectivity index (χ0v) is 17.1. The topological polar surface area (TPSA) is 84.2 Å². The number of aromatic nitrogens is 2. The number of halogens is 3. The van der Waals surface area contributed by atoms with E-state index < -0.39 is 16.4 Å². The minimum atomic E-state index is -1.72. The lowest BCUT2D eigenvalue weighted by atomic mass is 10.0. The summed E-state index contributed by atoms with van der Waals surface area (Å²) in [6.45, 7) is 0.704. The highest BCUT2D eigenvalue weighted by atomic mass is 35.5. The van der Waals surface area contributed by atoms with Gasteiger partial charge in [0.05, 0.1) is 21.2 Å². The van der Waals surface area contributed by atoms with Gasteiger partial charge < -0.3 is 10.2 Å². The third kappa shape index (κ3) is 4.26. The van der Waals surface area contributed by atoms with Crippen molar-refractivity contribution in [3.05, 3.63) is 63.2 Å². The van der Waals surface area contributed by atoms with E-state index in [1.54, 1.807) is 13.1 Å². The SMILES string of the molecule is CN1CCC(F)(C#Cc2cc3ncnc(Nc4cccc(Cl)c4F)c3cc2[N+](=O)[O-])C1. The molecular weight excluding hydrogens is 428 g/mol. The van der Waals surface area contributed by atoms with Crippen LogP contribution in [-0.4, -0.2) is 45.6 Å². The second kappa shape index (κ2) is 8.06. The van der Waals surface area contributed by atoms with Crippen LogP contribution in [0.2, 0.25) is 5.02 Å². The van der Waals surface area contributed by atoms with Gasteiger partial charge in [0, 0.05) is 31.0 Å². The van der Waals surface area contributed by atoms with Gasteiger partial charge in [-0.1, -0.05) is 29.5 Å². The van der Waals surface area contributed by atoms with Crippen LogP contribution in [0.15, 0.2) is 36.7 Å². The number of nitrogens with one attached hydrogen (secondary N) is 1. The van der Waals surface area contributed by atoms with Gasteiger partial charge in [-0.05, 0) is 25.2 Å². The molecule has 2 heterocycles. The van der Waals surface area contributed by atoms with Crippen molar-refractivity contribution in [2.45, 2.75) is 12.1 Å². The predicted octanol–water partition coefficient (Wildman–Crippen LogP) is 4.47. The number of hydrogen-bond donors (Lipinski definition) is 1. The Balaban J connectivity index is 1.78. The van der Waals surface area contributed by atoms with Gasteiger partial charge in [0.15, 0.2) is 11.5 Å². The molecule has 1 saturated heterocycles. The van der Waals surface area contributed by atoms with E-state index in [-0.39, 0.29) is 46.1 Å². The largest absolute Gasteiger partial charge is 0.337 e. The highest BCUT2D eigenvalue weighted by Gasteiger charge is 2.35. The molecule has 0 amide bonds. The third-order valence-corrected chi connectivity index (χ3v) is 5.28. The number of hydrogen-bond acceptors (Lipinski definition) is 6. The molecule has 3 aromatic rings. The summed E-state index contributed by atoms with van der Waals surface area (Å²) < 4.78 is 29.1. The van der Waals surface area contributed by atoms with Crippen LogP contribution >= 0.6 is 11.6 Å². The maximum atomic E-state index is 14.8. The van der Waals surface area contributed by atoms with E-state index in [9.17, 15) is 18.9 Å². The van der Waals surface area contributed by atoms with Gasteiger partial charge in [0.25, 0.3) is 5.69 Å². The molecule has 0 aliphatic carbocycles. The van der Waals surface area contributed by atoms with E-state index in [2.05, 4.69) is 27.1 Å². The lowest BCUT2D eigenvalue weighted by Gasteiger charge is -2.11. The van der Waals surface area contributed by atoms with Crippen LogP contribution in [-0.2, 0) is 0 Å². The first-order valence-corrected chi connectivity index (χ1v) is 9.68. The lowest BCUT2D eigenvalue weighted by molar-refractivity contribution is -0.385. The molecule has 158 valence electrons. The van der Waals surface area contributed by atoms with E-state index in [4.69, 9.17) is 11.6 Å². The molecular formula is C21H16ClF2N5O2. The molecule has 0 spiro atoms. The zero-order valence-electron chi connectivity index (χ0n) is 16.3. The number of nitrogens with zero attached hydrogens (tertiary/aromatic N) is 4. The number of nitro groups is 1. The monoisotopic (exact) mass is 443 g/mol. The minimum absolute atomic E-state index is 0.0441. The van der Waals surface area contributed by atoms with Gasteiger partial charge in [0.2, 0.25) is 0 Å². The summed E-state index contributed by atoms with van der Waals surface area (Å²) in [5.74, 6) is 4.65. The highest BCUT2D eigenvalue weighted by Crippen LogP contribution is 2.32. The quantitative estimate of drug-likeness (QED) is 0.365. The summed E-state index contributed by atoms with van der Waals surface area (Å²) in [6, 6.07) is 7.07. The molecule has 1 fully saturated rings. The van der Waals surface area contributed by atoms with Gasteiger partial charge in [-0.3, -0.25) is 10.1 Å². The van der Waals surface area contributed by atoms with Crippen LogP contribution in [0.4, 0.5) is 26.0 Å². The van der Waals surface area contributed by atoms with Gasteiger partial charge in [-0.15, -0.1) is 0 Å². The van der Waals surface area contributed by atoms with Crippen molar-refractivity contribution in [2.75, 3.05) is 25.5 Å². The molecule has 4 rings (SSSR count). The van der Waals surface area contributed by atoms with E-state index in [1.807, 2.05) is 4.90 Å². The molecule has 1 atom stereocenters. The lowest BCUT2D eigenvalue weighted by Crippen LogP contribution is -2.25. The fourth-order valence-electron chi connectivity index (χ4n) is 3.41. The Bertz CT molecular complexity index is 1260. The Kier molecular flexibility index (Phi) is 5.43. The van der Waals surface area contributed by atoms with Gasteiger partial charge >= 0.3 is 0 Å². The Hall–Kier alpha value is -3.35. The maximum Gasteiger partial charge on any atom is 0.285 e. The van der Waals surface area contributed by atoms with E-state index in [0.717, 1.165) is 0 Å². The first-order chi connectivity index (χ1) is 14.8. The molecule has 0 bridgehead atoms. The summed E-state index contributed by atoms with van der Waals surface area (Å²) in [5.41, 5.74) is -1.60. The van der Waals surface area contributed by atoms with Crippen LogP contribution in [0, 0.1) is 27.8 Å². The summed E-state index contributed by atoms with van der Waals surface area (Å²) in [5, 5.41) is 14.7. The van der Waals surface area contributed by atoms with Crippen molar-refractivity contribution in [1.82, 2.24) is 14.9 Å². The number of likely N-dealkylation sites (tertiary alicyclic amines) is 1. The fraction of sp³-hybridized carbons (Fsp3) is 0.238. The van der Waals surface area contributed by atoms with Crippen molar-refractivity contribution in [1.29, 1.82) is 0 Å². The molecule has 0 radical (unpaired) electrons. The molecule has 1 aliphatic rings. The van der Waals surface area contributed by atoms with Crippen molar-refractivity contribution in [3.63, 3.8) is 0 Å². The molecule has 1 unspecified atom stereocenters. The summed E-state index contributed by atoms with van der Waals surface area (Å²) in [7, 11) is 1.79. The number of benzene rings is 2. The van der Waals surface area contributed by atoms with Crippen LogP contribution in [0.25, 0.3) is 10.9 Å². The second-order valence-electron chi connectivity index (χ2n) is 7.30. The summed E-state index contributed by atoms with van der Waals surface area (Å²) in [6.07, 6.45) is 1.47. The van der Waals surface area contributed by atoms with Crippen molar-refractivity contribution in [2.24, 2.45) is 0 Å². The summed E-state index contributed by atoms with van der Waals surface area (Å²) >= 11 is 5.81. The highest BCUT2D eigenvalue weighted by molar-refractivity contribution is 6.31. The average Bonchev–Trinajstić information content (AvgIpc) is 3.08. The normalized spacial score (nSPS) is 18.6. The molecule has 1 N–H and O–H groups in total. The smallest absolute Gasteiger partial charge is 0.285 e. The molecule has 0 saturated carbocycles. The van der Waals surface area contributed by atoms with Gasteiger partial charge in [-0.25, -0.2) is 18.7 Å². The Morgan fingerprint density at radius 3 is 2.87 bits per heavy atom. The van der Waals surface area contributed by atoms with Crippen molar-refractivity contribution >= 4 is 39.7 Å².